The summed E-state index contributed by atoms with van der Waals surface area (Å²) in [6.07, 6.45) is -4.60. The predicted molar refractivity (Wildman–Crippen MR) is 99.1 cm³/mol. The topological polar surface area (TPSA) is 113 Å². The van der Waals surface area contributed by atoms with Crippen molar-refractivity contribution in [1.29, 1.82) is 0 Å². The Morgan fingerprint density at radius 1 is 1.17 bits per heavy atom. The number of carbonyl (C=O) groups is 2. The third kappa shape index (κ3) is 3.81. The molecule has 0 aliphatic carbocycles. The number of rotatable bonds is 3. The summed E-state index contributed by atoms with van der Waals surface area (Å²) >= 11 is 0. The molecule has 2 aromatic carbocycles. The summed E-state index contributed by atoms with van der Waals surface area (Å²) in [5, 5.41) is 4.93. The summed E-state index contributed by atoms with van der Waals surface area (Å²) in [5.74, 6) is -0.840. The number of hydrogen-bond acceptors (Lipinski definition) is 5. The van der Waals surface area contributed by atoms with Crippen molar-refractivity contribution in [3.8, 4) is 5.75 Å². The number of amides is 2. The van der Waals surface area contributed by atoms with E-state index in [0.29, 0.717) is 23.1 Å². The van der Waals surface area contributed by atoms with Crippen molar-refractivity contribution >= 4 is 28.4 Å². The molecule has 2 amide bonds. The molecule has 1 aliphatic heterocycles. The molecule has 2 heterocycles. The molecule has 4 rings (SSSR count). The number of hydrogen-bond donors (Lipinski definition) is 3. The van der Waals surface area contributed by atoms with Crippen LogP contribution in [-0.4, -0.2) is 28.4 Å². The van der Waals surface area contributed by atoms with Crippen molar-refractivity contribution in [2.75, 3.05) is 11.9 Å². The molecule has 3 aromatic rings. The Bertz CT molecular complexity index is 1240. The first-order chi connectivity index (χ1) is 14.2. The lowest BCUT2D eigenvalue weighted by molar-refractivity contribution is -0.137. The summed E-state index contributed by atoms with van der Waals surface area (Å²) in [6.45, 7) is -0.0225. The molecule has 8 nitrogen and oxygen atoms in total. The van der Waals surface area contributed by atoms with Crippen molar-refractivity contribution < 1.29 is 27.5 Å². The Hall–Kier alpha value is -3.89. The highest BCUT2D eigenvalue weighted by atomic mass is 19.4. The van der Waals surface area contributed by atoms with Gasteiger partial charge in [-0.05, 0) is 35.9 Å². The fourth-order valence-corrected chi connectivity index (χ4v) is 2.93. The van der Waals surface area contributed by atoms with Crippen LogP contribution in [0.4, 0.5) is 18.9 Å². The van der Waals surface area contributed by atoms with E-state index < -0.39 is 23.2 Å². The van der Waals surface area contributed by atoms with Crippen LogP contribution in [0, 0.1) is 0 Å². The molecule has 3 N–H and O–H groups in total. The van der Waals surface area contributed by atoms with Gasteiger partial charge in [-0.1, -0.05) is 6.07 Å². The summed E-state index contributed by atoms with van der Waals surface area (Å²) in [7, 11) is 0. The number of halogens is 3. The Morgan fingerprint density at radius 3 is 2.73 bits per heavy atom. The molecule has 0 unspecified atom stereocenters. The maximum absolute atomic E-state index is 12.8. The molecule has 0 spiro atoms. The van der Waals surface area contributed by atoms with Crippen LogP contribution in [0.3, 0.4) is 0 Å². The predicted octanol–water partition coefficient (Wildman–Crippen LogP) is 2.20. The second kappa shape index (κ2) is 7.17. The van der Waals surface area contributed by atoms with Crippen LogP contribution in [0.15, 0.2) is 41.2 Å². The van der Waals surface area contributed by atoms with Crippen LogP contribution in [0.2, 0.25) is 0 Å². The number of benzene rings is 2. The van der Waals surface area contributed by atoms with Crippen molar-refractivity contribution in [3.63, 3.8) is 0 Å². The molecule has 11 heteroatoms. The maximum atomic E-state index is 12.8. The summed E-state index contributed by atoms with van der Waals surface area (Å²) in [4.78, 5) is 42.0. The van der Waals surface area contributed by atoms with E-state index >= 15 is 0 Å². The fourth-order valence-electron chi connectivity index (χ4n) is 2.93. The molecule has 0 fully saturated rings. The Kier molecular flexibility index (Phi) is 4.65. The largest absolute Gasteiger partial charge is 0.482 e. The Balaban J connectivity index is 1.53. The summed E-state index contributed by atoms with van der Waals surface area (Å²) < 4.78 is 43.7. The number of carbonyl (C=O) groups excluding carboxylic acids is 2. The summed E-state index contributed by atoms with van der Waals surface area (Å²) in [6, 6.07) is 7.47. The highest BCUT2D eigenvalue weighted by molar-refractivity contribution is 5.95. The quantitative estimate of drug-likeness (QED) is 0.604. The van der Waals surface area contributed by atoms with Crippen LogP contribution in [0.25, 0.3) is 10.9 Å². The van der Waals surface area contributed by atoms with Gasteiger partial charge in [0, 0.05) is 6.54 Å². The minimum Gasteiger partial charge on any atom is -0.482 e. The van der Waals surface area contributed by atoms with E-state index in [1.165, 1.54) is 0 Å². The number of anilines is 1. The summed E-state index contributed by atoms with van der Waals surface area (Å²) in [5.41, 5.74) is -0.764. The van der Waals surface area contributed by atoms with Gasteiger partial charge in [0.05, 0.1) is 22.2 Å². The van der Waals surface area contributed by atoms with Gasteiger partial charge in [-0.3, -0.25) is 14.4 Å². The maximum Gasteiger partial charge on any atom is 0.416 e. The zero-order valence-corrected chi connectivity index (χ0v) is 15.1. The lowest BCUT2D eigenvalue weighted by Crippen LogP contribution is -2.28. The monoisotopic (exact) mass is 418 g/mol. The standard InChI is InChI=1S/C19H13F3N4O4/c20-19(21,22)10-2-3-12-11(6-10)17(28)26-16(25-12)18(29)23-7-9-1-4-14-13(5-9)24-15(27)8-30-14/h1-6H,7-8H2,(H,23,29)(H,24,27)(H,25,26,28). The smallest absolute Gasteiger partial charge is 0.416 e. The second-order valence-corrected chi connectivity index (χ2v) is 6.49. The van der Waals surface area contributed by atoms with E-state index in [2.05, 4.69) is 20.6 Å². The van der Waals surface area contributed by atoms with Gasteiger partial charge < -0.3 is 20.4 Å². The van der Waals surface area contributed by atoms with E-state index in [-0.39, 0.29) is 35.8 Å². The number of aromatic amines is 1. The molecular formula is C19H13F3N4O4. The molecule has 30 heavy (non-hydrogen) atoms. The van der Waals surface area contributed by atoms with Crippen molar-refractivity contribution in [3.05, 3.63) is 63.7 Å². The molecule has 154 valence electrons. The Morgan fingerprint density at radius 2 is 1.97 bits per heavy atom. The van der Waals surface area contributed by atoms with Gasteiger partial charge in [-0.2, -0.15) is 13.2 Å². The second-order valence-electron chi connectivity index (χ2n) is 6.49. The van der Waals surface area contributed by atoms with E-state index in [9.17, 15) is 27.6 Å². The SMILES string of the molecule is O=C1COc2ccc(CNC(=O)c3nc4ccc(C(F)(F)F)cc4c(=O)[nH]3)cc2N1. The molecule has 0 saturated heterocycles. The van der Waals surface area contributed by atoms with Gasteiger partial charge >= 0.3 is 6.18 Å². The lowest BCUT2D eigenvalue weighted by Gasteiger charge is -2.18. The highest BCUT2D eigenvalue weighted by Crippen LogP contribution is 2.30. The normalized spacial score (nSPS) is 13.4. The van der Waals surface area contributed by atoms with Crippen LogP contribution >= 0.6 is 0 Å². The number of nitrogens with zero attached hydrogens (tertiary/aromatic N) is 1. The zero-order valence-electron chi connectivity index (χ0n) is 15.1. The van der Waals surface area contributed by atoms with Crippen LogP contribution in [0.1, 0.15) is 21.7 Å². The first-order valence-corrected chi connectivity index (χ1v) is 8.66. The third-order valence-electron chi connectivity index (χ3n) is 4.38. The van der Waals surface area contributed by atoms with Gasteiger partial charge in [-0.25, -0.2) is 4.98 Å². The van der Waals surface area contributed by atoms with Crippen molar-refractivity contribution in [2.45, 2.75) is 12.7 Å². The van der Waals surface area contributed by atoms with Gasteiger partial charge in [0.1, 0.15) is 5.75 Å². The average Bonchev–Trinajstić information content (AvgIpc) is 2.70. The van der Waals surface area contributed by atoms with E-state index in [1.54, 1.807) is 18.2 Å². The number of aromatic nitrogens is 2. The van der Waals surface area contributed by atoms with Gasteiger partial charge in [0.25, 0.3) is 17.4 Å². The zero-order chi connectivity index (χ0) is 21.5. The average molecular weight is 418 g/mol. The number of nitrogens with one attached hydrogen (secondary N) is 3. The van der Waals surface area contributed by atoms with Crippen LogP contribution in [-0.2, 0) is 17.5 Å². The van der Waals surface area contributed by atoms with Crippen LogP contribution in [0.5, 0.6) is 5.75 Å². The van der Waals surface area contributed by atoms with E-state index in [4.69, 9.17) is 4.74 Å². The first kappa shape index (κ1) is 19.4. The Labute approximate surface area is 166 Å². The van der Waals surface area contributed by atoms with Crippen LogP contribution < -0.4 is 20.9 Å². The number of ether oxygens (including phenoxy) is 1. The van der Waals surface area contributed by atoms with Gasteiger partial charge in [0.2, 0.25) is 0 Å². The fraction of sp³-hybridized carbons (Fsp3) is 0.158. The van der Waals surface area contributed by atoms with Gasteiger partial charge in [-0.15, -0.1) is 0 Å². The number of H-pyrrole nitrogens is 1. The van der Waals surface area contributed by atoms with Gasteiger partial charge in [0.15, 0.2) is 12.4 Å². The molecule has 1 aromatic heterocycles. The van der Waals surface area contributed by atoms with E-state index in [1.807, 2.05) is 0 Å². The minimum absolute atomic E-state index is 0.0365. The third-order valence-corrected chi connectivity index (χ3v) is 4.38. The van der Waals surface area contributed by atoms with E-state index in [0.717, 1.165) is 12.1 Å². The molecule has 0 saturated carbocycles. The van der Waals surface area contributed by atoms with Crippen molar-refractivity contribution in [1.82, 2.24) is 15.3 Å². The number of fused-ring (bicyclic) bond motifs is 2. The molecule has 1 aliphatic rings. The van der Waals surface area contributed by atoms with Crippen molar-refractivity contribution in [2.24, 2.45) is 0 Å². The first-order valence-electron chi connectivity index (χ1n) is 8.66. The highest BCUT2D eigenvalue weighted by Gasteiger charge is 2.31. The molecule has 0 radical (unpaired) electrons. The lowest BCUT2D eigenvalue weighted by atomic mass is 10.1. The minimum atomic E-state index is -4.60. The molecule has 0 atom stereocenters. The number of alkyl halides is 3. The molecule has 0 bridgehead atoms. The molecular weight excluding hydrogens is 405 g/mol.